The van der Waals surface area contributed by atoms with Crippen molar-refractivity contribution in [3.63, 3.8) is 0 Å². The highest BCUT2D eigenvalue weighted by Gasteiger charge is 2.28. The number of hydrogen-bond acceptors (Lipinski definition) is 7. The summed E-state index contributed by atoms with van der Waals surface area (Å²) in [7, 11) is 0. The molecular weight excluding hydrogens is 352 g/mol. The van der Waals surface area contributed by atoms with Crippen LogP contribution >= 0.6 is 0 Å². The highest BCUT2D eigenvalue weighted by molar-refractivity contribution is 5.63. The molecule has 7 heteroatoms. The molecule has 0 bridgehead atoms. The third kappa shape index (κ3) is 3.80. The number of rotatable bonds is 4. The fraction of sp³-hybridized carbons (Fsp3) is 0.476. The summed E-state index contributed by atoms with van der Waals surface area (Å²) in [5.74, 6) is 2.47. The Labute approximate surface area is 165 Å². The molecule has 0 aromatic carbocycles. The maximum absolute atomic E-state index is 5.35. The summed E-state index contributed by atoms with van der Waals surface area (Å²) in [6.45, 7) is 9.63. The maximum Gasteiger partial charge on any atom is 0.146 e. The van der Waals surface area contributed by atoms with Gasteiger partial charge in [0.1, 0.15) is 17.4 Å². The largest absolute Gasteiger partial charge is 0.361 e. The van der Waals surface area contributed by atoms with Crippen LogP contribution in [0, 0.1) is 27.7 Å². The molecule has 7 nitrogen and oxygen atoms in total. The second-order valence-corrected chi connectivity index (χ2v) is 7.53. The lowest BCUT2D eigenvalue weighted by Gasteiger charge is -2.34. The van der Waals surface area contributed by atoms with Crippen LogP contribution in [0.25, 0.3) is 11.3 Å². The van der Waals surface area contributed by atoms with Gasteiger partial charge in [-0.2, -0.15) is 0 Å². The summed E-state index contributed by atoms with van der Waals surface area (Å²) in [5.41, 5.74) is 4.72. The van der Waals surface area contributed by atoms with Gasteiger partial charge in [0.05, 0.1) is 28.7 Å². The van der Waals surface area contributed by atoms with Gasteiger partial charge in [0.25, 0.3) is 0 Å². The molecule has 0 N–H and O–H groups in total. The fourth-order valence-electron chi connectivity index (χ4n) is 3.99. The molecule has 0 unspecified atom stereocenters. The predicted octanol–water partition coefficient (Wildman–Crippen LogP) is 3.88. The van der Waals surface area contributed by atoms with Gasteiger partial charge in [0.15, 0.2) is 0 Å². The highest BCUT2D eigenvalue weighted by atomic mass is 16.5. The first-order chi connectivity index (χ1) is 13.5. The molecule has 3 aromatic rings. The average molecular weight is 378 g/mol. The Morgan fingerprint density at radius 3 is 2.71 bits per heavy atom. The van der Waals surface area contributed by atoms with Crippen molar-refractivity contribution in [3.05, 3.63) is 52.8 Å². The smallest absolute Gasteiger partial charge is 0.146 e. The van der Waals surface area contributed by atoms with Crippen molar-refractivity contribution in [1.82, 2.24) is 30.0 Å². The van der Waals surface area contributed by atoms with E-state index < -0.39 is 0 Å². The summed E-state index contributed by atoms with van der Waals surface area (Å²) < 4.78 is 5.35. The van der Waals surface area contributed by atoms with Crippen molar-refractivity contribution < 1.29 is 4.52 Å². The molecule has 3 aromatic heterocycles. The van der Waals surface area contributed by atoms with E-state index in [1.807, 2.05) is 46.0 Å². The second-order valence-electron chi connectivity index (χ2n) is 7.53. The molecule has 1 fully saturated rings. The number of likely N-dealkylation sites (tertiary alicyclic amines) is 1. The number of aryl methyl sites for hydroxylation is 4. The SMILES string of the molecule is Cc1cc(-c2c(C)noc2C)nc([C@@H]2CCCCN2Cc2ccnc(C)n2)n1. The lowest BCUT2D eigenvalue weighted by Crippen LogP contribution is -2.34. The Morgan fingerprint density at radius 2 is 1.96 bits per heavy atom. The summed E-state index contributed by atoms with van der Waals surface area (Å²) in [6, 6.07) is 4.19. The van der Waals surface area contributed by atoms with Crippen LogP contribution in [0.2, 0.25) is 0 Å². The molecule has 0 amide bonds. The van der Waals surface area contributed by atoms with Gasteiger partial charge in [-0.3, -0.25) is 4.90 Å². The number of nitrogens with zero attached hydrogens (tertiary/aromatic N) is 6. The van der Waals surface area contributed by atoms with E-state index in [0.29, 0.717) is 0 Å². The standard InChI is InChI=1S/C21H26N6O/c1-13-11-18(20-14(2)26-28-15(20)3)25-21(23-13)19-7-5-6-10-27(19)12-17-8-9-22-16(4)24-17/h8-9,11,19H,5-7,10,12H2,1-4H3/t19-/m0/s1. The zero-order chi connectivity index (χ0) is 19.7. The van der Waals surface area contributed by atoms with Crippen molar-refractivity contribution in [3.8, 4) is 11.3 Å². The van der Waals surface area contributed by atoms with Gasteiger partial charge in [-0.1, -0.05) is 11.6 Å². The zero-order valence-corrected chi connectivity index (χ0v) is 16.9. The fourth-order valence-corrected chi connectivity index (χ4v) is 3.99. The minimum absolute atomic E-state index is 0.183. The van der Waals surface area contributed by atoms with Gasteiger partial charge in [-0.05, 0) is 59.2 Å². The van der Waals surface area contributed by atoms with Crippen molar-refractivity contribution >= 4 is 0 Å². The molecule has 28 heavy (non-hydrogen) atoms. The molecule has 1 atom stereocenters. The Hall–Kier alpha value is -2.67. The van der Waals surface area contributed by atoms with E-state index in [0.717, 1.165) is 65.3 Å². The first-order valence-corrected chi connectivity index (χ1v) is 9.82. The van der Waals surface area contributed by atoms with E-state index in [4.69, 9.17) is 14.5 Å². The van der Waals surface area contributed by atoms with Crippen molar-refractivity contribution in [1.29, 1.82) is 0 Å². The van der Waals surface area contributed by atoms with Crippen LogP contribution in [-0.2, 0) is 6.54 Å². The third-order valence-electron chi connectivity index (χ3n) is 5.27. The molecule has 1 saturated heterocycles. The van der Waals surface area contributed by atoms with E-state index >= 15 is 0 Å². The van der Waals surface area contributed by atoms with Gasteiger partial charge < -0.3 is 4.52 Å². The Morgan fingerprint density at radius 1 is 1.11 bits per heavy atom. The van der Waals surface area contributed by atoms with Crippen LogP contribution in [0.3, 0.4) is 0 Å². The predicted molar refractivity (Wildman–Crippen MR) is 106 cm³/mol. The van der Waals surface area contributed by atoms with E-state index in [-0.39, 0.29) is 6.04 Å². The van der Waals surface area contributed by atoms with Crippen molar-refractivity contribution in [2.24, 2.45) is 0 Å². The van der Waals surface area contributed by atoms with Crippen molar-refractivity contribution in [2.75, 3.05) is 6.54 Å². The first-order valence-electron chi connectivity index (χ1n) is 9.82. The van der Waals surface area contributed by atoms with Crippen LogP contribution in [-0.4, -0.2) is 36.5 Å². The lowest BCUT2D eigenvalue weighted by molar-refractivity contribution is 0.132. The molecule has 0 radical (unpaired) electrons. The van der Waals surface area contributed by atoms with Gasteiger partial charge in [0, 0.05) is 18.4 Å². The molecule has 0 saturated carbocycles. The molecule has 4 rings (SSSR count). The highest BCUT2D eigenvalue weighted by Crippen LogP contribution is 2.32. The molecule has 0 aliphatic carbocycles. The monoisotopic (exact) mass is 378 g/mol. The number of aromatic nitrogens is 5. The van der Waals surface area contributed by atoms with Gasteiger partial charge in [0.2, 0.25) is 0 Å². The number of piperidine rings is 1. The normalized spacial score (nSPS) is 17.8. The van der Waals surface area contributed by atoms with E-state index in [9.17, 15) is 0 Å². The number of hydrogen-bond donors (Lipinski definition) is 0. The molecule has 1 aliphatic heterocycles. The molecule has 4 heterocycles. The minimum Gasteiger partial charge on any atom is -0.361 e. The van der Waals surface area contributed by atoms with Crippen LogP contribution < -0.4 is 0 Å². The molecule has 0 spiro atoms. The molecule has 146 valence electrons. The van der Waals surface area contributed by atoms with E-state index in [1.165, 1.54) is 12.8 Å². The topological polar surface area (TPSA) is 80.8 Å². The lowest BCUT2D eigenvalue weighted by atomic mass is 10.0. The quantitative estimate of drug-likeness (QED) is 0.681. The second kappa shape index (κ2) is 7.75. The van der Waals surface area contributed by atoms with Gasteiger partial charge >= 0.3 is 0 Å². The first kappa shape index (κ1) is 18.7. The zero-order valence-electron chi connectivity index (χ0n) is 16.9. The van der Waals surface area contributed by atoms with Crippen LogP contribution in [0.5, 0.6) is 0 Å². The summed E-state index contributed by atoms with van der Waals surface area (Å²) >= 11 is 0. The maximum atomic E-state index is 5.35. The summed E-state index contributed by atoms with van der Waals surface area (Å²) in [4.78, 5) is 21.0. The van der Waals surface area contributed by atoms with Crippen LogP contribution in [0.15, 0.2) is 22.9 Å². The Bertz CT molecular complexity index is 963. The van der Waals surface area contributed by atoms with Crippen LogP contribution in [0.4, 0.5) is 0 Å². The molecule has 1 aliphatic rings. The van der Waals surface area contributed by atoms with Crippen molar-refractivity contribution in [2.45, 2.75) is 59.5 Å². The Balaban J connectivity index is 1.68. The van der Waals surface area contributed by atoms with E-state index in [2.05, 4.69) is 20.0 Å². The van der Waals surface area contributed by atoms with E-state index in [1.54, 1.807) is 0 Å². The minimum atomic E-state index is 0.183. The summed E-state index contributed by atoms with van der Waals surface area (Å²) in [6.07, 6.45) is 5.24. The molecular formula is C21H26N6O. The van der Waals surface area contributed by atoms with Crippen LogP contribution in [0.1, 0.15) is 59.8 Å². The third-order valence-corrected chi connectivity index (χ3v) is 5.27. The Kier molecular flexibility index (Phi) is 5.17. The summed E-state index contributed by atoms with van der Waals surface area (Å²) in [5, 5.41) is 4.08. The van der Waals surface area contributed by atoms with Gasteiger partial charge in [-0.25, -0.2) is 19.9 Å². The average Bonchev–Trinajstić information content (AvgIpc) is 3.00. The van der Waals surface area contributed by atoms with Gasteiger partial charge in [-0.15, -0.1) is 0 Å².